The Hall–Kier alpha value is -3.40. The number of benzene rings is 1. The molecule has 0 saturated heterocycles. The minimum atomic E-state index is -1.02. The highest BCUT2D eigenvalue weighted by molar-refractivity contribution is 7.20. The van der Waals surface area contributed by atoms with E-state index in [1.54, 1.807) is 18.3 Å². The van der Waals surface area contributed by atoms with E-state index in [0.717, 1.165) is 47.0 Å². The Labute approximate surface area is 216 Å². The van der Waals surface area contributed by atoms with Gasteiger partial charge in [0.05, 0.1) is 17.1 Å². The van der Waals surface area contributed by atoms with Crippen LogP contribution in [0.1, 0.15) is 40.1 Å². The predicted molar refractivity (Wildman–Crippen MR) is 138 cm³/mol. The first kappa shape index (κ1) is 23.0. The van der Waals surface area contributed by atoms with Gasteiger partial charge < -0.3 is 19.1 Å². The summed E-state index contributed by atoms with van der Waals surface area (Å²) in [6.07, 6.45) is 4.68. The predicted octanol–water partition coefficient (Wildman–Crippen LogP) is 5.31. The Morgan fingerprint density at radius 3 is 2.83 bits per heavy atom. The van der Waals surface area contributed by atoms with Gasteiger partial charge in [-0.05, 0) is 36.3 Å². The molecule has 36 heavy (non-hydrogen) atoms. The van der Waals surface area contributed by atoms with Gasteiger partial charge in [0.2, 0.25) is 0 Å². The van der Waals surface area contributed by atoms with Crippen LogP contribution in [0.2, 0.25) is 5.02 Å². The van der Waals surface area contributed by atoms with Crippen molar-refractivity contribution in [2.45, 2.75) is 25.7 Å². The Morgan fingerprint density at radius 1 is 1.28 bits per heavy atom. The van der Waals surface area contributed by atoms with Crippen LogP contribution in [-0.4, -0.2) is 43.6 Å². The fourth-order valence-corrected chi connectivity index (χ4v) is 5.73. The van der Waals surface area contributed by atoms with Crippen molar-refractivity contribution in [1.82, 2.24) is 19.4 Å². The summed E-state index contributed by atoms with van der Waals surface area (Å²) in [6.45, 7) is 4.20. The number of carbonyl (C=O) groups is 1. The molecular formula is C26H23ClN4O4S. The molecule has 1 atom stereocenters. The van der Waals surface area contributed by atoms with Crippen LogP contribution in [0.5, 0.6) is 11.5 Å². The average Bonchev–Trinajstić information content (AvgIpc) is 3.52. The number of hydrogen-bond donors (Lipinski definition) is 1. The number of carboxylic acid groups (broad SMARTS) is 1. The molecule has 4 aromatic rings. The number of para-hydroxylation sites is 1. The summed E-state index contributed by atoms with van der Waals surface area (Å²) in [4.78, 5) is 23.7. The Balaban J connectivity index is 1.19. The second-order valence-electron chi connectivity index (χ2n) is 9.05. The zero-order valence-electron chi connectivity index (χ0n) is 19.7. The summed E-state index contributed by atoms with van der Waals surface area (Å²) in [7, 11) is 1.94. The van der Waals surface area contributed by atoms with Crippen molar-refractivity contribution >= 4 is 44.8 Å². The van der Waals surface area contributed by atoms with Crippen LogP contribution < -0.4 is 9.47 Å². The van der Waals surface area contributed by atoms with Crippen molar-refractivity contribution in [3.05, 3.63) is 75.7 Å². The number of aromatic nitrogens is 3. The summed E-state index contributed by atoms with van der Waals surface area (Å²) in [6, 6.07) is 11.3. The standard InChI is InChI=1S/C26H23ClN4O4S/c1-26(21-7-6-16(27)13-28-21)34-19-5-3-4-17(23(19)35-26)15-8-10-31(11-9-15)14-22-29-24-18(30(22)2)12-20(36-24)25(32)33/h3-8,12-13H,9-11,14H2,1-2H3,(H,32,33)/t26-/m0/s1. The highest BCUT2D eigenvalue weighted by Crippen LogP contribution is 2.48. The number of nitrogens with zero attached hydrogens (tertiary/aromatic N) is 4. The van der Waals surface area contributed by atoms with E-state index in [0.29, 0.717) is 27.9 Å². The first-order chi connectivity index (χ1) is 17.3. The van der Waals surface area contributed by atoms with E-state index in [1.165, 1.54) is 16.9 Å². The van der Waals surface area contributed by atoms with Crippen molar-refractivity contribution in [3.8, 4) is 11.5 Å². The van der Waals surface area contributed by atoms with Crippen LogP contribution in [0.15, 0.2) is 48.7 Å². The smallest absolute Gasteiger partial charge is 0.346 e. The molecular weight excluding hydrogens is 500 g/mol. The molecule has 0 saturated carbocycles. The molecule has 2 aliphatic rings. The van der Waals surface area contributed by atoms with Gasteiger partial charge in [-0.2, -0.15) is 0 Å². The lowest BCUT2D eigenvalue weighted by atomic mass is 9.98. The van der Waals surface area contributed by atoms with Crippen molar-refractivity contribution in [1.29, 1.82) is 0 Å². The lowest BCUT2D eigenvalue weighted by Crippen LogP contribution is -2.32. The van der Waals surface area contributed by atoms with E-state index in [2.05, 4.69) is 27.0 Å². The van der Waals surface area contributed by atoms with E-state index in [9.17, 15) is 9.90 Å². The maximum Gasteiger partial charge on any atom is 0.346 e. The quantitative estimate of drug-likeness (QED) is 0.379. The molecule has 10 heteroatoms. The second-order valence-corrected chi connectivity index (χ2v) is 10.5. The number of thiophene rings is 1. The molecule has 0 spiro atoms. The number of pyridine rings is 1. The highest BCUT2D eigenvalue weighted by atomic mass is 35.5. The van der Waals surface area contributed by atoms with Crippen molar-refractivity contribution < 1.29 is 19.4 Å². The van der Waals surface area contributed by atoms with Crippen LogP contribution in [0, 0.1) is 0 Å². The van der Waals surface area contributed by atoms with Gasteiger partial charge >= 0.3 is 5.97 Å². The van der Waals surface area contributed by atoms with Crippen LogP contribution in [-0.2, 0) is 19.4 Å². The molecule has 1 N–H and O–H groups in total. The molecule has 184 valence electrons. The molecule has 0 amide bonds. The van der Waals surface area contributed by atoms with Gasteiger partial charge in [0.25, 0.3) is 5.79 Å². The number of ether oxygens (including phenoxy) is 2. The number of halogens is 1. The van der Waals surface area contributed by atoms with Gasteiger partial charge in [-0.25, -0.2) is 9.78 Å². The highest BCUT2D eigenvalue weighted by Gasteiger charge is 2.41. The molecule has 0 bridgehead atoms. The third-order valence-corrected chi connectivity index (χ3v) is 7.89. The summed E-state index contributed by atoms with van der Waals surface area (Å²) < 4.78 is 14.5. The lowest BCUT2D eigenvalue weighted by molar-refractivity contribution is -0.0718. The molecule has 2 aliphatic heterocycles. The maximum absolute atomic E-state index is 11.3. The van der Waals surface area contributed by atoms with Gasteiger partial charge in [-0.3, -0.25) is 9.88 Å². The first-order valence-electron chi connectivity index (χ1n) is 11.5. The number of carboxylic acids is 1. The zero-order valence-corrected chi connectivity index (χ0v) is 21.3. The lowest BCUT2D eigenvalue weighted by Gasteiger charge is -2.27. The number of aryl methyl sites for hydroxylation is 1. The minimum Gasteiger partial charge on any atom is -0.477 e. The summed E-state index contributed by atoms with van der Waals surface area (Å²) in [5.41, 5.74) is 3.76. The monoisotopic (exact) mass is 522 g/mol. The van der Waals surface area contributed by atoms with Gasteiger partial charge in [-0.15, -0.1) is 11.3 Å². The molecule has 3 aromatic heterocycles. The average molecular weight is 523 g/mol. The minimum absolute atomic E-state index is 0.310. The summed E-state index contributed by atoms with van der Waals surface area (Å²) in [5.74, 6) is 0.419. The van der Waals surface area contributed by atoms with Gasteiger partial charge in [0.15, 0.2) is 11.5 Å². The van der Waals surface area contributed by atoms with E-state index in [4.69, 9.17) is 21.1 Å². The summed E-state index contributed by atoms with van der Waals surface area (Å²) >= 11 is 7.21. The third kappa shape index (κ3) is 3.93. The molecule has 0 radical (unpaired) electrons. The molecule has 1 aromatic carbocycles. The van der Waals surface area contributed by atoms with E-state index >= 15 is 0 Å². The fraction of sp³-hybridized carbons (Fsp3) is 0.269. The van der Waals surface area contributed by atoms with Crippen molar-refractivity contribution in [2.24, 2.45) is 7.05 Å². The normalized spacial score (nSPS) is 19.6. The number of aromatic carboxylic acids is 1. The topological polar surface area (TPSA) is 89.7 Å². The van der Waals surface area contributed by atoms with Gasteiger partial charge in [0.1, 0.15) is 21.2 Å². The number of rotatable bonds is 5. The summed E-state index contributed by atoms with van der Waals surface area (Å²) in [5, 5.41) is 9.79. The number of imidazole rings is 1. The molecule has 0 aliphatic carbocycles. The maximum atomic E-state index is 11.3. The van der Waals surface area contributed by atoms with Gasteiger partial charge in [0, 0.05) is 38.8 Å². The van der Waals surface area contributed by atoms with Gasteiger partial charge in [-0.1, -0.05) is 29.8 Å². The largest absolute Gasteiger partial charge is 0.477 e. The molecule has 5 heterocycles. The number of hydrogen-bond acceptors (Lipinski definition) is 7. The van der Waals surface area contributed by atoms with E-state index in [-0.39, 0.29) is 0 Å². The van der Waals surface area contributed by atoms with E-state index < -0.39 is 11.8 Å². The van der Waals surface area contributed by atoms with Crippen LogP contribution in [0.4, 0.5) is 0 Å². The second kappa shape index (κ2) is 8.62. The van der Waals surface area contributed by atoms with Crippen molar-refractivity contribution in [3.63, 3.8) is 0 Å². The third-order valence-electron chi connectivity index (χ3n) is 6.66. The molecule has 8 nitrogen and oxygen atoms in total. The van der Waals surface area contributed by atoms with Crippen LogP contribution in [0.3, 0.4) is 0 Å². The van der Waals surface area contributed by atoms with Crippen molar-refractivity contribution in [2.75, 3.05) is 13.1 Å². The first-order valence-corrected chi connectivity index (χ1v) is 12.7. The molecule has 0 fully saturated rings. The van der Waals surface area contributed by atoms with Crippen LogP contribution in [0.25, 0.3) is 15.9 Å². The molecule has 6 rings (SSSR count). The Morgan fingerprint density at radius 2 is 2.14 bits per heavy atom. The fourth-order valence-electron chi connectivity index (χ4n) is 4.70. The Kier molecular flexibility index (Phi) is 5.51. The zero-order chi connectivity index (χ0) is 25.0. The Bertz CT molecular complexity index is 1530. The number of fused-ring (bicyclic) bond motifs is 2. The SMILES string of the molecule is Cn1c(CN2CC=C(c3cccc4c3O[C@@](C)(c3ccc(Cl)cn3)O4)CC2)nc2sc(C(=O)O)cc21. The molecule has 0 unspecified atom stereocenters. The van der Waals surface area contributed by atoms with E-state index in [1.807, 2.05) is 36.7 Å². The van der Waals surface area contributed by atoms with Crippen LogP contribution >= 0.6 is 22.9 Å².